The molecule has 0 unspecified atom stereocenters. The van der Waals surface area contributed by atoms with Gasteiger partial charge in [-0.25, -0.2) is 0 Å². The lowest BCUT2D eigenvalue weighted by Gasteiger charge is -2.28. The number of rotatable bonds is 8. The summed E-state index contributed by atoms with van der Waals surface area (Å²) >= 11 is 0. The molecule has 0 fully saturated rings. The number of aliphatic carboxylic acids is 1. The predicted octanol–water partition coefficient (Wildman–Crippen LogP) is 1.32. The van der Waals surface area contributed by atoms with Crippen LogP contribution in [0, 0.1) is 11.8 Å². The highest BCUT2D eigenvalue weighted by Gasteiger charge is 2.22. The van der Waals surface area contributed by atoms with Gasteiger partial charge in [0.05, 0.1) is 6.04 Å². The van der Waals surface area contributed by atoms with Crippen LogP contribution in [0.15, 0.2) is 0 Å². The first-order valence-electron chi connectivity index (χ1n) is 6.50. The van der Waals surface area contributed by atoms with E-state index in [0.29, 0.717) is 24.9 Å². The molecule has 1 amide bonds. The zero-order chi connectivity index (χ0) is 14.3. The van der Waals surface area contributed by atoms with Gasteiger partial charge in [-0.1, -0.05) is 27.7 Å². The van der Waals surface area contributed by atoms with Crippen LogP contribution >= 0.6 is 0 Å². The highest BCUT2D eigenvalue weighted by atomic mass is 16.4. The van der Waals surface area contributed by atoms with Gasteiger partial charge in [-0.3, -0.25) is 9.59 Å². The SMILES string of the molecule is CC(C)CN(CC(C)C)C(=O)[C@@H](N)CCC(=O)O. The summed E-state index contributed by atoms with van der Waals surface area (Å²) in [6.45, 7) is 9.51. The average Bonchev–Trinajstić information content (AvgIpc) is 2.22. The van der Waals surface area contributed by atoms with E-state index in [1.165, 1.54) is 0 Å². The molecule has 0 radical (unpaired) electrons. The van der Waals surface area contributed by atoms with Crippen LogP contribution in [0.1, 0.15) is 40.5 Å². The van der Waals surface area contributed by atoms with E-state index in [1.807, 2.05) is 27.7 Å². The monoisotopic (exact) mass is 258 g/mol. The summed E-state index contributed by atoms with van der Waals surface area (Å²) in [6.07, 6.45) is 0.130. The van der Waals surface area contributed by atoms with E-state index in [0.717, 1.165) is 0 Å². The van der Waals surface area contributed by atoms with Gasteiger partial charge in [0, 0.05) is 19.5 Å². The minimum absolute atomic E-state index is 0.0654. The molecule has 1 atom stereocenters. The van der Waals surface area contributed by atoms with E-state index in [2.05, 4.69) is 0 Å². The molecule has 0 heterocycles. The number of carbonyl (C=O) groups excluding carboxylic acids is 1. The van der Waals surface area contributed by atoms with Gasteiger partial charge >= 0.3 is 5.97 Å². The van der Waals surface area contributed by atoms with Crippen molar-refractivity contribution in [3.05, 3.63) is 0 Å². The van der Waals surface area contributed by atoms with Crippen LogP contribution in [0.5, 0.6) is 0 Å². The third-order valence-electron chi connectivity index (χ3n) is 2.47. The van der Waals surface area contributed by atoms with Gasteiger partial charge in [0.1, 0.15) is 0 Å². The molecular weight excluding hydrogens is 232 g/mol. The number of hydrogen-bond donors (Lipinski definition) is 2. The lowest BCUT2D eigenvalue weighted by molar-refractivity contribution is -0.138. The van der Waals surface area contributed by atoms with Gasteiger partial charge in [0.2, 0.25) is 5.91 Å². The molecule has 0 rings (SSSR count). The molecule has 0 bridgehead atoms. The fraction of sp³-hybridized carbons (Fsp3) is 0.846. The summed E-state index contributed by atoms with van der Waals surface area (Å²) in [5.41, 5.74) is 5.76. The van der Waals surface area contributed by atoms with E-state index in [-0.39, 0.29) is 18.7 Å². The molecule has 3 N–H and O–H groups in total. The third kappa shape index (κ3) is 7.27. The molecule has 0 saturated carbocycles. The first-order chi connectivity index (χ1) is 8.23. The Hall–Kier alpha value is -1.10. The molecular formula is C13H26N2O3. The Morgan fingerprint density at radius 1 is 1.11 bits per heavy atom. The average molecular weight is 258 g/mol. The van der Waals surface area contributed by atoms with Crippen molar-refractivity contribution in [3.63, 3.8) is 0 Å². The van der Waals surface area contributed by atoms with Crippen LogP contribution in [-0.2, 0) is 9.59 Å². The van der Waals surface area contributed by atoms with Gasteiger partial charge in [-0.2, -0.15) is 0 Å². The first-order valence-corrected chi connectivity index (χ1v) is 6.50. The number of carboxylic acids is 1. The van der Waals surface area contributed by atoms with Gasteiger partial charge in [-0.05, 0) is 18.3 Å². The Morgan fingerprint density at radius 2 is 1.56 bits per heavy atom. The van der Waals surface area contributed by atoms with E-state index in [4.69, 9.17) is 10.8 Å². The van der Waals surface area contributed by atoms with Crippen molar-refractivity contribution < 1.29 is 14.7 Å². The molecule has 0 aromatic rings. The van der Waals surface area contributed by atoms with E-state index in [1.54, 1.807) is 4.90 Å². The van der Waals surface area contributed by atoms with Crippen LogP contribution in [0.4, 0.5) is 0 Å². The zero-order valence-electron chi connectivity index (χ0n) is 11.8. The van der Waals surface area contributed by atoms with Crippen molar-refractivity contribution >= 4 is 11.9 Å². The van der Waals surface area contributed by atoms with E-state index in [9.17, 15) is 9.59 Å². The van der Waals surface area contributed by atoms with Crippen LogP contribution in [0.3, 0.4) is 0 Å². The standard InChI is InChI=1S/C13H26N2O3/c1-9(2)7-15(8-10(3)4)13(18)11(14)5-6-12(16)17/h9-11H,5-8,14H2,1-4H3,(H,16,17)/t11-/m0/s1. The van der Waals surface area contributed by atoms with E-state index < -0.39 is 12.0 Å². The highest BCUT2D eigenvalue weighted by Crippen LogP contribution is 2.08. The Bertz CT molecular complexity index is 267. The van der Waals surface area contributed by atoms with Crippen LogP contribution < -0.4 is 5.73 Å². The molecule has 0 aliphatic rings. The van der Waals surface area contributed by atoms with Crippen molar-refractivity contribution in [1.82, 2.24) is 4.90 Å². The van der Waals surface area contributed by atoms with Crippen LogP contribution in [0.2, 0.25) is 0 Å². The second-order valence-electron chi connectivity index (χ2n) is 5.57. The fourth-order valence-electron chi connectivity index (χ4n) is 1.77. The van der Waals surface area contributed by atoms with Crippen molar-refractivity contribution in [2.45, 2.75) is 46.6 Å². The highest BCUT2D eigenvalue weighted by molar-refractivity contribution is 5.82. The minimum Gasteiger partial charge on any atom is -0.481 e. The molecule has 0 aliphatic heterocycles. The van der Waals surface area contributed by atoms with Crippen molar-refractivity contribution in [2.75, 3.05) is 13.1 Å². The van der Waals surface area contributed by atoms with Crippen molar-refractivity contribution in [3.8, 4) is 0 Å². The number of amides is 1. The Balaban J connectivity index is 4.47. The van der Waals surface area contributed by atoms with Gasteiger partial charge in [0.25, 0.3) is 0 Å². The molecule has 18 heavy (non-hydrogen) atoms. The summed E-state index contributed by atoms with van der Waals surface area (Å²) in [6, 6.07) is -0.710. The maximum atomic E-state index is 12.1. The number of carbonyl (C=O) groups is 2. The molecule has 0 spiro atoms. The molecule has 0 saturated heterocycles. The topological polar surface area (TPSA) is 83.6 Å². The molecule has 0 aliphatic carbocycles. The van der Waals surface area contributed by atoms with Gasteiger partial charge in [0.15, 0.2) is 0 Å². The number of carboxylic acid groups (broad SMARTS) is 1. The lowest BCUT2D eigenvalue weighted by Crippen LogP contribution is -2.46. The summed E-state index contributed by atoms with van der Waals surface area (Å²) in [5.74, 6) is -0.310. The largest absolute Gasteiger partial charge is 0.481 e. The number of nitrogens with two attached hydrogens (primary N) is 1. The lowest BCUT2D eigenvalue weighted by atomic mass is 10.1. The second-order valence-corrected chi connectivity index (χ2v) is 5.57. The summed E-state index contributed by atoms with van der Waals surface area (Å²) < 4.78 is 0. The second kappa shape index (κ2) is 8.08. The summed E-state index contributed by atoms with van der Waals surface area (Å²) in [7, 11) is 0. The van der Waals surface area contributed by atoms with Gasteiger partial charge in [-0.15, -0.1) is 0 Å². The zero-order valence-corrected chi connectivity index (χ0v) is 11.8. The van der Waals surface area contributed by atoms with Crippen molar-refractivity contribution in [2.24, 2.45) is 17.6 Å². The molecule has 5 nitrogen and oxygen atoms in total. The minimum atomic E-state index is -0.919. The molecule has 0 aromatic heterocycles. The molecule has 106 valence electrons. The predicted molar refractivity (Wildman–Crippen MR) is 71.1 cm³/mol. The Labute approximate surface area is 109 Å². The summed E-state index contributed by atoms with van der Waals surface area (Å²) in [5, 5.41) is 8.59. The smallest absolute Gasteiger partial charge is 0.303 e. The van der Waals surface area contributed by atoms with Gasteiger partial charge < -0.3 is 15.7 Å². The Kier molecular flexibility index (Phi) is 7.59. The molecule has 0 aromatic carbocycles. The fourth-order valence-corrected chi connectivity index (χ4v) is 1.77. The number of hydrogen-bond acceptors (Lipinski definition) is 3. The maximum absolute atomic E-state index is 12.1. The maximum Gasteiger partial charge on any atom is 0.303 e. The number of nitrogens with zero attached hydrogens (tertiary/aromatic N) is 1. The van der Waals surface area contributed by atoms with E-state index >= 15 is 0 Å². The normalized spacial score (nSPS) is 12.8. The summed E-state index contributed by atoms with van der Waals surface area (Å²) in [4.78, 5) is 24.4. The quantitative estimate of drug-likeness (QED) is 0.687. The van der Waals surface area contributed by atoms with Crippen LogP contribution in [-0.4, -0.2) is 41.0 Å². The first kappa shape index (κ1) is 16.9. The van der Waals surface area contributed by atoms with Crippen LogP contribution in [0.25, 0.3) is 0 Å². The third-order valence-corrected chi connectivity index (χ3v) is 2.47. The van der Waals surface area contributed by atoms with Crippen molar-refractivity contribution in [1.29, 1.82) is 0 Å². The Morgan fingerprint density at radius 3 is 1.89 bits per heavy atom. The molecule has 5 heteroatoms.